The Morgan fingerprint density at radius 2 is 2.16 bits per heavy atom. The van der Waals surface area contributed by atoms with Crippen molar-refractivity contribution in [1.82, 2.24) is 5.32 Å². The Morgan fingerprint density at radius 1 is 1.47 bits per heavy atom. The molecule has 0 radical (unpaired) electrons. The number of aliphatic carboxylic acids is 1. The molecule has 0 spiro atoms. The SMILES string of the molecule is CCOc1ccc(CC(=O)NC(C)C(=O)O)cc1F. The van der Waals surface area contributed by atoms with Gasteiger partial charge in [-0.05, 0) is 31.5 Å². The van der Waals surface area contributed by atoms with Crippen molar-refractivity contribution in [3.8, 4) is 5.75 Å². The van der Waals surface area contributed by atoms with Gasteiger partial charge in [0.15, 0.2) is 11.6 Å². The van der Waals surface area contributed by atoms with Crippen LogP contribution < -0.4 is 10.1 Å². The van der Waals surface area contributed by atoms with Gasteiger partial charge in [-0.25, -0.2) is 4.39 Å². The average Bonchev–Trinajstić information content (AvgIpc) is 2.32. The van der Waals surface area contributed by atoms with E-state index in [1.807, 2.05) is 0 Å². The lowest BCUT2D eigenvalue weighted by Gasteiger charge is -2.10. The predicted molar refractivity (Wildman–Crippen MR) is 66.5 cm³/mol. The summed E-state index contributed by atoms with van der Waals surface area (Å²) in [6.07, 6.45) is -0.0824. The van der Waals surface area contributed by atoms with Gasteiger partial charge in [0.2, 0.25) is 5.91 Å². The molecule has 0 fully saturated rings. The third kappa shape index (κ3) is 4.57. The van der Waals surface area contributed by atoms with E-state index < -0.39 is 23.7 Å². The molecule has 1 aromatic rings. The van der Waals surface area contributed by atoms with E-state index >= 15 is 0 Å². The average molecular weight is 269 g/mol. The third-order valence-corrected chi connectivity index (χ3v) is 2.41. The summed E-state index contributed by atoms with van der Waals surface area (Å²) in [6.45, 7) is 3.46. The molecule has 0 aliphatic rings. The van der Waals surface area contributed by atoms with E-state index in [0.717, 1.165) is 0 Å². The van der Waals surface area contributed by atoms with Gasteiger partial charge in [0, 0.05) is 0 Å². The summed E-state index contributed by atoms with van der Waals surface area (Å²) in [5.74, 6) is -2.01. The standard InChI is InChI=1S/C13H16FNO4/c1-3-19-11-5-4-9(6-10(11)14)7-12(16)15-8(2)13(17)18/h4-6,8H,3,7H2,1-2H3,(H,15,16)(H,17,18). The maximum Gasteiger partial charge on any atom is 0.325 e. The van der Waals surface area contributed by atoms with Crippen molar-refractivity contribution in [2.45, 2.75) is 26.3 Å². The fourth-order valence-electron chi connectivity index (χ4n) is 1.47. The number of benzene rings is 1. The van der Waals surface area contributed by atoms with E-state index in [9.17, 15) is 14.0 Å². The maximum atomic E-state index is 13.5. The fraction of sp³-hybridized carbons (Fsp3) is 0.385. The molecule has 0 bridgehead atoms. The van der Waals surface area contributed by atoms with E-state index in [0.29, 0.717) is 12.2 Å². The van der Waals surface area contributed by atoms with Crippen LogP contribution >= 0.6 is 0 Å². The molecule has 0 aliphatic carbocycles. The quantitative estimate of drug-likeness (QED) is 0.817. The van der Waals surface area contributed by atoms with Gasteiger partial charge in [0.1, 0.15) is 6.04 Å². The number of hydrogen-bond acceptors (Lipinski definition) is 3. The summed E-state index contributed by atoms with van der Waals surface area (Å²) in [7, 11) is 0. The van der Waals surface area contributed by atoms with Gasteiger partial charge in [0.05, 0.1) is 13.0 Å². The van der Waals surface area contributed by atoms with Crippen molar-refractivity contribution in [1.29, 1.82) is 0 Å². The van der Waals surface area contributed by atoms with Gasteiger partial charge in [-0.3, -0.25) is 9.59 Å². The van der Waals surface area contributed by atoms with Crippen molar-refractivity contribution in [2.24, 2.45) is 0 Å². The summed E-state index contributed by atoms with van der Waals surface area (Å²) in [5, 5.41) is 10.9. The number of ether oxygens (including phenoxy) is 1. The molecule has 0 aromatic heterocycles. The van der Waals surface area contributed by atoms with Crippen LogP contribution in [0.15, 0.2) is 18.2 Å². The highest BCUT2D eigenvalue weighted by molar-refractivity contribution is 5.84. The second-order valence-electron chi connectivity index (χ2n) is 4.00. The zero-order valence-corrected chi connectivity index (χ0v) is 10.8. The van der Waals surface area contributed by atoms with Gasteiger partial charge in [-0.1, -0.05) is 6.07 Å². The highest BCUT2D eigenvalue weighted by Crippen LogP contribution is 2.18. The van der Waals surface area contributed by atoms with Gasteiger partial charge >= 0.3 is 5.97 Å². The highest BCUT2D eigenvalue weighted by Gasteiger charge is 2.14. The summed E-state index contributed by atoms with van der Waals surface area (Å²) >= 11 is 0. The van der Waals surface area contributed by atoms with Crippen molar-refractivity contribution >= 4 is 11.9 Å². The Balaban J connectivity index is 2.65. The van der Waals surface area contributed by atoms with E-state index in [2.05, 4.69) is 5.32 Å². The minimum Gasteiger partial charge on any atom is -0.491 e. The molecule has 1 unspecified atom stereocenters. The lowest BCUT2D eigenvalue weighted by atomic mass is 10.1. The predicted octanol–water partition coefficient (Wildman–Crippen LogP) is 1.36. The van der Waals surface area contributed by atoms with E-state index in [1.165, 1.54) is 19.1 Å². The molecule has 1 aromatic carbocycles. The topological polar surface area (TPSA) is 75.6 Å². The molecule has 0 saturated heterocycles. The lowest BCUT2D eigenvalue weighted by molar-refractivity contribution is -0.141. The number of carbonyl (C=O) groups excluding carboxylic acids is 1. The molecule has 104 valence electrons. The molecule has 6 heteroatoms. The number of carboxylic acids is 1. The minimum atomic E-state index is -1.12. The van der Waals surface area contributed by atoms with Crippen molar-refractivity contribution < 1.29 is 23.8 Å². The first-order chi connectivity index (χ1) is 8.93. The van der Waals surface area contributed by atoms with Crippen molar-refractivity contribution in [3.05, 3.63) is 29.6 Å². The molecule has 2 N–H and O–H groups in total. The number of carbonyl (C=O) groups is 2. The molecule has 0 aliphatic heterocycles. The molecular formula is C13H16FNO4. The first-order valence-corrected chi connectivity index (χ1v) is 5.87. The van der Waals surface area contributed by atoms with E-state index in [-0.39, 0.29) is 12.2 Å². The van der Waals surface area contributed by atoms with Crippen LogP contribution in [0.3, 0.4) is 0 Å². The van der Waals surface area contributed by atoms with Gasteiger partial charge in [-0.15, -0.1) is 0 Å². The van der Waals surface area contributed by atoms with Crippen molar-refractivity contribution in [3.63, 3.8) is 0 Å². The summed E-state index contributed by atoms with van der Waals surface area (Å²) in [4.78, 5) is 22.1. The van der Waals surface area contributed by atoms with Gasteiger partial charge in [-0.2, -0.15) is 0 Å². The maximum absolute atomic E-state index is 13.5. The van der Waals surface area contributed by atoms with Crippen LogP contribution in [0.25, 0.3) is 0 Å². The van der Waals surface area contributed by atoms with Gasteiger partial charge < -0.3 is 15.2 Å². The molecule has 0 saturated carbocycles. The lowest BCUT2D eigenvalue weighted by Crippen LogP contribution is -2.39. The second-order valence-corrected chi connectivity index (χ2v) is 4.00. The third-order valence-electron chi connectivity index (χ3n) is 2.41. The molecular weight excluding hydrogens is 253 g/mol. The van der Waals surface area contributed by atoms with Crippen LogP contribution in [0.2, 0.25) is 0 Å². The monoisotopic (exact) mass is 269 g/mol. The Morgan fingerprint density at radius 3 is 2.68 bits per heavy atom. The Bertz CT molecular complexity index is 476. The highest BCUT2D eigenvalue weighted by atomic mass is 19.1. The van der Waals surface area contributed by atoms with Crippen LogP contribution in [0.5, 0.6) is 5.75 Å². The molecule has 1 rings (SSSR count). The van der Waals surface area contributed by atoms with Crippen LogP contribution in [0, 0.1) is 5.82 Å². The summed E-state index contributed by atoms with van der Waals surface area (Å²) in [6, 6.07) is 3.25. The first-order valence-electron chi connectivity index (χ1n) is 5.87. The second kappa shape index (κ2) is 6.72. The number of rotatable bonds is 6. The van der Waals surface area contributed by atoms with Crippen LogP contribution in [0.1, 0.15) is 19.4 Å². The zero-order chi connectivity index (χ0) is 14.4. The smallest absolute Gasteiger partial charge is 0.325 e. The Labute approximate surface area is 110 Å². The number of amides is 1. The minimum absolute atomic E-state index is 0.0824. The molecule has 1 amide bonds. The number of halogens is 1. The summed E-state index contributed by atoms with van der Waals surface area (Å²) < 4.78 is 18.6. The molecule has 19 heavy (non-hydrogen) atoms. The Hall–Kier alpha value is -2.11. The Kier molecular flexibility index (Phi) is 5.29. The van der Waals surface area contributed by atoms with Crippen molar-refractivity contribution in [2.75, 3.05) is 6.61 Å². The largest absolute Gasteiger partial charge is 0.491 e. The van der Waals surface area contributed by atoms with Crippen LogP contribution in [-0.4, -0.2) is 29.6 Å². The molecule has 0 heterocycles. The summed E-state index contributed by atoms with van der Waals surface area (Å²) in [5.41, 5.74) is 0.455. The zero-order valence-electron chi connectivity index (χ0n) is 10.8. The van der Waals surface area contributed by atoms with Gasteiger partial charge in [0.25, 0.3) is 0 Å². The van der Waals surface area contributed by atoms with Crippen LogP contribution in [0.4, 0.5) is 4.39 Å². The molecule has 1 atom stereocenters. The molecule has 5 nitrogen and oxygen atoms in total. The first kappa shape index (κ1) is 14.9. The van der Waals surface area contributed by atoms with Crippen LogP contribution in [-0.2, 0) is 16.0 Å². The van der Waals surface area contributed by atoms with E-state index in [4.69, 9.17) is 9.84 Å². The number of nitrogens with one attached hydrogen (secondary N) is 1. The van der Waals surface area contributed by atoms with E-state index in [1.54, 1.807) is 13.0 Å². The number of carboxylic acid groups (broad SMARTS) is 1. The number of hydrogen-bond donors (Lipinski definition) is 2. The fourth-order valence-corrected chi connectivity index (χ4v) is 1.47. The normalized spacial score (nSPS) is 11.7.